The fourth-order valence-corrected chi connectivity index (χ4v) is 3.16. The lowest BCUT2D eigenvalue weighted by atomic mass is 9.97. The van der Waals surface area contributed by atoms with Crippen LogP contribution < -0.4 is 4.74 Å². The first-order valence-corrected chi connectivity index (χ1v) is 8.47. The number of carbonyl (C=O) groups is 1. The molecule has 1 saturated heterocycles. The Balaban J connectivity index is 1.56. The van der Waals surface area contributed by atoms with Crippen LogP contribution in [0, 0.1) is 12.7 Å². The predicted octanol–water partition coefficient (Wildman–Crippen LogP) is 2.86. The van der Waals surface area contributed by atoms with Gasteiger partial charge in [0, 0.05) is 19.5 Å². The third-order valence-corrected chi connectivity index (χ3v) is 4.51. The van der Waals surface area contributed by atoms with Crippen molar-refractivity contribution in [3.05, 3.63) is 41.3 Å². The maximum Gasteiger partial charge on any atom is 0.231 e. The first-order chi connectivity index (χ1) is 12.1. The number of hydrogen-bond acceptors (Lipinski definition) is 5. The van der Waals surface area contributed by atoms with Crippen molar-refractivity contribution in [2.75, 3.05) is 20.2 Å². The minimum Gasteiger partial charge on any atom is -0.494 e. The molecule has 1 aliphatic rings. The quantitative estimate of drug-likeness (QED) is 0.832. The Morgan fingerprint density at radius 1 is 1.48 bits per heavy atom. The molecule has 0 N–H and O–H groups in total. The van der Waals surface area contributed by atoms with Crippen molar-refractivity contribution in [1.82, 2.24) is 15.0 Å². The fraction of sp³-hybridized carbons (Fsp3) is 0.500. The molecule has 6 nitrogen and oxygen atoms in total. The Morgan fingerprint density at radius 3 is 3.00 bits per heavy atom. The van der Waals surface area contributed by atoms with Crippen LogP contribution in [0.5, 0.6) is 5.75 Å². The molecule has 1 aromatic heterocycles. The number of rotatable bonds is 5. The number of nitrogens with zero attached hydrogens (tertiary/aromatic N) is 3. The van der Waals surface area contributed by atoms with E-state index in [4.69, 9.17) is 9.26 Å². The standard InChI is InChI=1S/C18H22FN3O3/c1-12-20-18(25-21-12)14-4-3-9-22(11-14)17(23)8-6-13-5-7-16(24-2)15(19)10-13/h5,7,10,14H,3-4,6,8-9,11H2,1-2H3/t14-/m1/s1. The first-order valence-electron chi connectivity index (χ1n) is 8.47. The van der Waals surface area contributed by atoms with Crippen LogP contribution in [0.25, 0.3) is 0 Å². The van der Waals surface area contributed by atoms with Gasteiger partial charge in [-0.2, -0.15) is 4.98 Å². The summed E-state index contributed by atoms with van der Waals surface area (Å²) >= 11 is 0. The lowest BCUT2D eigenvalue weighted by Gasteiger charge is -2.31. The second kappa shape index (κ2) is 7.63. The van der Waals surface area contributed by atoms with Gasteiger partial charge < -0.3 is 14.2 Å². The van der Waals surface area contributed by atoms with E-state index >= 15 is 0 Å². The zero-order chi connectivity index (χ0) is 17.8. The first kappa shape index (κ1) is 17.4. The smallest absolute Gasteiger partial charge is 0.231 e. The number of aromatic nitrogens is 2. The maximum atomic E-state index is 13.7. The summed E-state index contributed by atoms with van der Waals surface area (Å²) in [5.74, 6) is 1.18. The Bertz CT molecular complexity index is 747. The van der Waals surface area contributed by atoms with Gasteiger partial charge in [0.15, 0.2) is 17.4 Å². The van der Waals surface area contributed by atoms with Crippen molar-refractivity contribution in [2.24, 2.45) is 0 Å². The van der Waals surface area contributed by atoms with Crippen molar-refractivity contribution in [2.45, 2.75) is 38.5 Å². The molecule has 3 rings (SSSR count). The molecule has 7 heteroatoms. The van der Waals surface area contributed by atoms with E-state index in [2.05, 4.69) is 10.1 Å². The number of aryl methyl sites for hydroxylation is 2. The Kier molecular flexibility index (Phi) is 5.31. The average molecular weight is 347 g/mol. The van der Waals surface area contributed by atoms with Crippen molar-refractivity contribution in [1.29, 1.82) is 0 Å². The molecule has 0 spiro atoms. The summed E-state index contributed by atoms with van der Waals surface area (Å²) in [6.45, 7) is 3.11. The van der Waals surface area contributed by atoms with Crippen LogP contribution in [0.2, 0.25) is 0 Å². The van der Waals surface area contributed by atoms with E-state index in [-0.39, 0.29) is 17.6 Å². The molecule has 1 fully saturated rings. The van der Waals surface area contributed by atoms with Crippen molar-refractivity contribution >= 4 is 5.91 Å². The largest absolute Gasteiger partial charge is 0.494 e. The summed E-state index contributed by atoms with van der Waals surface area (Å²) in [6.07, 6.45) is 2.70. The normalized spacial score (nSPS) is 17.6. The summed E-state index contributed by atoms with van der Waals surface area (Å²) in [4.78, 5) is 18.6. The van der Waals surface area contributed by atoms with Crippen molar-refractivity contribution in [3.63, 3.8) is 0 Å². The zero-order valence-corrected chi connectivity index (χ0v) is 14.5. The van der Waals surface area contributed by atoms with Gasteiger partial charge in [-0.05, 0) is 43.9 Å². The van der Waals surface area contributed by atoms with E-state index in [0.29, 0.717) is 31.1 Å². The number of likely N-dealkylation sites (tertiary alicyclic amines) is 1. The molecule has 0 bridgehead atoms. The molecular formula is C18H22FN3O3. The summed E-state index contributed by atoms with van der Waals surface area (Å²) in [6, 6.07) is 4.80. The molecule has 2 heterocycles. The van der Waals surface area contributed by atoms with E-state index in [9.17, 15) is 9.18 Å². The second-order valence-electron chi connectivity index (χ2n) is 6.33. The van der Waals surface area contributed by atoms with Gasteiger partial charge in [0.05, 0.1) is 13.0 Å². The van der Waals surface area contributed by atoms with Gasteiger partial charge in [-0.1, -0.05) is 11.2 Å². The molecule has 134 valence electrons. The van der Waals surface area contributed by atoms with Crippen LogP contribution in [-0.4, -0.2) is 41.1 Å². The predicted molar refractivity (Wildman–Crippen MR) is 88.9 cm³/mol. The van der Waals surface area contributed by atoms with Gasteiger partial charge in [-0.15, -0.1) is 0 Å². The third-order valence-electron chi connectivity index (χ3n) is 4.51. The van der Waals surface area contributed by atoms with E-state index in [1.165, 1.54) is 13.2 Å². The summed E-state index contributed by atoms with van der Waals surface area (Å²) < 4.78 is 23.9. The minimum atomic E-state index is -0.405. The summed E-state index contributed by atoms with van der Waals surface area (Å²) in [7, 11) is 1.43. The molecule has 1 amide bonds. The highest BCUT2D eigenvalue weighted by molar-refractivity contribution is 5.76. The Morgan fingerprint density at radius 2 is 2.32 bits per heavy atom. The van der Waals surface area contributed by atoms with Crippen LogP contribution in [0.1, 0.15) is 42.5 Å². The highest BCUT2D eigenvalue weighted by Gasteiger charge is 2.28. The SMILES string of the molecule is COc1ccc(CCC(=O)N2CCC[C@@H](c3nc(C)no3)C2)cc1F. The zero-order valence-electron chi connectivity index (χ0n) is 14.5. The lowest BCUT2D eigenvalue weighted by molar-refractivity contribution is -0.132. The number of benzene rings is 1. The molecule has 0 aliphatic carbocycles. The molecule has 1 aromatic carbocycles. The number of piperidine rings is 1. The minimum absolute atomic E-state index is 0.0668. The molecule has 1 aliphatic heterocycles. The average Bonchev–Trinajstić information content (AvgIpc) is 3.06. The van der Waals surface area contributed by atoms with Crippen molar-refractivity contribution < 1.29 is 18.4 Å². The number of methoxy groups -OCH3 is 1. The van der Waals surface area contributed by atoms with Gasteiger partial charge >= 0.3 is 0 Å². The number of amides is 1. The van der Waals surface area contributed by atoms with Gasteiger partial charge in [0.1, 0.15) is 0 Å². The Hall–Kier alpha value is -2.44. The van der Waals surface area contributed by atoms with Gasteiger partial charge in [-0.25, -0.2) is 4.39 Å². The van der Waals surface area contributed by atoms with Crippen LogP contribution in [0.3, 0.4) is 0 Å². The highest BCUT2D eigenvalue weighted by Crippen LogP contribution is 2.26. The Labute approximate surface area is 146 Å². The van der Waals surface area contributed by atoms with E-state index in [1.807, 2.05) is 4.90 Å². The fourth-order valence-electron chi connectivity index (χ4n) is 3.16. The molecule has 1 atom stereocenters. The van der Waals surface area contributed by atoms with E-state index in [1.54, 1.807) is 19.1 Å². The van der Waals surface area contributed by atoms with Gasteiger partial charge in [-0.3, -0.25) is 4.79 Å². The van der Waals surface area contributed by atoms with Crippen LogP contribution in [0.4, 0.5) is 4.39 Å². The van der Waals surface area contributed by atoms with Crippen LogP contribution in [0.15, 0.2) is 22.7 Å². The van der Waals surface area contributed by atoms with Crippen LogP contribution >= 0.6 is 0 Å². The molecule has 0 unspecified atom stereocenters. The molecular weight excluding hydrogens is 325 g/mol. The number of ether oxygens (including phenoxy) is 1. The van der Waals surface area contributed by atoms with E-state index in [0.717, 1.165) is 24.9 Å². The lowest BCUT2D eigenvalue weighted by Crippen LogP contribution is -2.39. The monoisotopic (exact) mass is 347 g/mol. The topological polar surface area (TPSA) is 68.5 Å². The molecule has 0 radical (unpaired) electrons. The number of halogens is 1. The van der Waals surface area contributed by atoms with Gasteiger partial charge in [0.2, 0.25) is 11.8 Å². The van der Waals surface area contributed by atoms with Crippen molar-refractivity contribution in [3.8, 4) is 5.75 Å². The summed E-state index contributed by atoms with van der Waals surface area (Å²) in [5, 5.41) is 3.82. The van der Waals surface area contributed by atoms with Crippen LogP contribution in [-0.2, 0) is 11.2 Å². The number of carbonyl (C=O) groups excluding carboxylic acids is 1. The van der Waals surface area contributed by atoms with Gasteiger partial charge in [0.25, 0.3) is 0 Å². The molecule has 2 aromatic rings. The van der Waals surface area contributed by atoms with E-state index < -0.39 is 5.82 Å². The molecule has 0 saturated carbocycles. The maximum absolute atomic E-state index is 13.7. The number of hydrogen-bond donors (Lipinski definition) is 0. The second-order valence-corrected chi connectivity index (χ2v) is 6.33. The molecule has 25 heavy (non-hydrogen) atoms. The summed E-state index contributed by atoms with van der Waals surface area (Å²) in [5.41, 5.74) is 0.785. The third kappa shape index (κ3) is 4.15. The highest BCUT2D eigenvalue weighted by atomic mass is 19.1.